The van der Waals surface area contributed by atoms with E-state index < -0.39 is 9.04 Å². The van der Waals surface area contributed by atoms with Crippen LogP contribution in [0, 0.1) is 17.8 Å². The Balaban J connectivity index is 4.76. The number of hydrogen-bond acceptors (Lipinski definition) is 1. The van der Waals surface area contributed by atoms with Crippen LogP contribution in [0.25, 0.3) is 0 Å². The molecule has 0 aromatic heterocycles. The Morgan fingerprint density at radius 1 is 1.11 bits per heavy atom. The summed E-state index contributed by atoms with van der Waals surface area (Å²) < 4.78 is 6.32. The number of rotatable bonds is 6. The summed E-state index contributed by atoms with van der Waals surface area (Å²) in [5, 5.41) is 0. The standard InChI is InChI=1S/C16H29OSi/c1-12(2)9-10-16(11-13(3)4)17-18(14(5)6)15(7)8/h13-16H,1,11H2,2-8H3. The van der Waals surface area contributed by atoms with E-state index in [-0.39, 0.29) is 6.10 Å². The first kappa shape index (κ1) is 17.5. The maximum Gasteiger partial charge on any atom is 0.218 e. The first-order valence-corrected chi connectivity index (χ1v) is 8.50. The molecule has 1 unspecified atom stereocenters. The van der Waals surface area contributed by atoms with Gasteiger partial charge in [0.15, 0.2) is 0 Å². The van der Waals surface area contributed by atoms with E-state index in [2.05, 4.69) is 60.0 Å². The van der Waals surface area contributed by atoms with Crippen molar-refractivity contribution in [3.05, 3.63) is 12.2 Å². The summed E-state index contributed by atoms with van der Waals surface area (Å²) in [5.74, 6) is 6.93. The van der Waals surface area contributed by atoms with Crippen LogP contribution in [0.2, 0.25) is 11.1 Å². The third-order valence-corrected chi connectivity index (χ3v) is 5.38. The van der Waals surface area contributed by atoms with E-state index in [1.54, 1.807) is 0 Å². The van der Waals surface area contributed by atoms with Gasteiger partial charge in [-0.05, 0) is 35.9 Å². The zero-order valence-corrected chi connectivity index (χ0v) is 14.1. The lowest BCUT2D eigenvalue weighted by Gasteiger charge is -2.26. The molecule has 1 radical (unpaired) electrons. The molecule has 0 saturated carbocycles. The Kier molecular flexibility index (Phi) is 8.31. The van der Waals surface area contributed by atoms with Crippen LogP contribution >= 0.6 is 0 Å². The van der Waals surface area contributed by atoms with Crippen LogP contribution in [0.5, 0.6) is 0 Å². The second-order valence-corrected chi connectivity index (χ2v) is 9.35. The molecule has 0 aliphatic rings. The van der Waals surface area contributed by atoms with Gasteiger partial charge in [0.2, 0.25) is 9.04 Å². The highest BCUT2D eigenvalue weighted by molar-refractivity contribution is 6.55. The van der Waals surface area contributed by atoms with Crippen molar-refractivity contribution in [2.75, 3.05) is 0 Å². The SMILES string of the molecule is C=C(C)C#CC(CC(C)C)O[Si](C(C)C)C(C)C. The average molecular weight is 265 g/mol. The summed E-state index contributed by atoms with van der Waals surface area (Å²) in [6, 6.07) is 0. The van der Waals surface area contributed by atoms with Crippen LogP contribution in [-0.2, 0) is 4.43 Å². The molecule has 0 aromatic rings. The minimum atomic E-state index is -0.802. The molecule has 0 saturated heterocycles. The lowest BCUT2D eigenvalue weighted by molar-refractivity contribution is 0.220. The van der Waals surface area contributed by atoms with Gasteiger partial charge in [0, 0.05) is 0 Å². The Bertz CT molecular complexity index is 299. The highest BCUT2D eigenvalue weighted by Crippen LogP contribution is 2.23. The fourth-order valence-corrected chi connectivity index (χ4v) is 4.23. The van der Waals surface area contributed by atoms with Crippen LogP contribution in [-0.4, -0.2) is 15.1 Å². The third-order valence-electron chi connectivity index (χ3n) is 2.55. The molecule has 0 aliphatic carbocycles. The van der Waals surface area contributed by atoms with E-state index in [0.29, 0.717) is 17.0 Å². The fraction of sp³-hybridized carbons (Fsp3) is 0.750. The zero-order chi connectivity index (χ0) is 14.3. The van der Waals surface area contributed by atoms with Gasteiger partial charge in [-0.1, -0.05) is 60.0 Å². The van der Waals surface area contributed by atoms with Crippen molar-refractivity contribution in [1.29, 1.82) is 0 Å². The molecule has 0 aliphatic heterocycles. The Morgan fingerprint density at radius 2 is 1.61 bits per heavy atom. The minimum absolute atomic E-state index is 0.0698. The third kappa shape index (κ3) is 7.74. The van der Waals surface area contributed by atoms with E-state index in [4.69, 9.17) is 4.43 Å². The summed E-state index contributed by atoms with van der Waals surface area (Å²) in [5.41, 5.74) is 2.16. The summed E-state index contributed by atoms with van der Waals surface area (Å²) in [6.45, 7) is 19.2. The van der Waals surface area contributed by atoms with Crippen LogP contribution in [0.1, 0.15) is 54.9 Å². The van der Waals surface area contributed by atoms with Crippen molar-refractivity contribution < 1.29 is 4.43 Å². The van der Waals surface area contributed by atoms with E-state index >= 15 is 0 Å². The maximum atomic E-state index is 6.32. The molecular formula is C16H29OSi. The molecule has 2 heteroatoms. The van der Waals surface area contributed by atoms with Crippen LogP contribution in [0.3, 0.4) is 0 Å². The van der Waals surface area contributed by atoms with Gasteiger partial charge in [0.1, 0.15) is 6.10 Å². The molecule has 0 bridgehead atoms. The Morgan fingerprint density at radius 3 is 1.94 bits per heavy atom. The molecular weight excluding hydrogens is 236 g/mol. The second-order valence-electron chi connectivity index (χ2n) is 6.00. The minimum Gasteiger partial charge on any atom is -0.403 e. The van der Waals surface area contributed by atoms with Crippen LogP contribution < -0.4 is 0 Å². The van der Waals surface area contributed by atoms with E-state index in [1.165, 1.54) is 0 Å². The van der Waals surface area contributed by atoms with Gasteiger partial charge in [0.05, 0.1) is 0 Å². The van der Waals surface area contributed by atoms with E-state index in [9.17, 15) is 0 Å². The normalized spacial score (nSPS) is 13.1. The molecule has 0 amide bonds. The molecule has 1 atom stereocenters. The van der Waals surface area contributed by atoms with Gasteiger partial charge in [-0.2, -0.15) is 0 Å². The summed E-state index contributed by atoms with van der Waals surface area (Å²) in [4.78, 5) is 0. The number of allylic oxidation sites excluding steroid dienone is 1. The van der Waals surface area contributed by atoms with Crippen molar-refractivity contribution >= 4 is 9.04 Å². The van der Waals surface area contributed by atoms with Gasteiger partial charge >= 0.3 is 0 Å². The highest BCUT2D eigenvalue weighted by Gasteiger charge is 2.25. The molecule has 0 heterocycles. The molecule has 0 N–H and O–H groups in total. The van der Waals surface area contributed by atoms with Crippen molar-refractivity contribution in [1.82, 2.24) is 0 Å². The lowest BCUT2D eigenvalue weighted by Crippen LogP contribution is -2.31. The summed E-state index contributed by atoms with van der Waals surface area (Å²) >= 11 is 0. The maximum absolute atomic E-state index is 6.32. The average Bonchev–Trinajstić information content (AvgIpc) is 2.19. The van der Waals surface area contributed by atoms with Crippen LogP contribution in [0.4, 0.5) is 0 Å². The molecule has 1 nitrogen and oxygen atoms in total. The van der Waals surface area contributed by atoms with Gasteiger partial charge in [-0.15, -0.1) is 0 Å². The molecule has 103 valence electrons. The van der Waals surface area contributed by atoms with Gasteiger partial charge in [-0.25, -0.2) is 0 Å². The van der Waals surface area contributed by atoms with Crippen molar-refractivity contribution in [3.8, 4) is 11.8 Å². The quantitative estimate of drug-likeness (QED) is 0.495. The molecule has 18 heavy (non-hydrogen) atoms. The topological polar surface area (TPSA) is 9.23 Å². The lowest BCUT2D eigenvalue weighted by atomic mass is 10.1. The largest absolute Gasteiger partial charge is 0.403 e. The smallest absolute Gasteiger partial charge is 0.218 e. The highest BCUT2D eigenvalue weighted by atomic mass is 28.3. The fourth-order valence-electron chi connectivity index (χ4n) is 1.87. The number of hydrogen-bond donors (Lipinski definition) is 0. The van der Waals surface area contributed by atoms with Gasteiger partial charge in [0.25, 0.3) is 0 Å². The predicted octanol–water partition coefficient (Wildman–Crippen LogP) is 4.81. The van der Waals surface area contributed by atoms with Gasteiger partial charge < -0.3 is 4.43 Å². The first-order chi connectivity index (χ1) is 8.23. The Hall–Kier alpha value is -0.523. The second kappa shape index (κ2) is 8.56. The molecule has 0 rings (SSSR count). The monoisotopic (exact) mass is 265 g/mol. The van der Waals surface area contributed by atoms with E-state index in [0.717, 1.165) is 12.0 Å². The van der Waals surface area contributed by atoms with Crippen molar-refractivity contribution in [2.45, 2.75) is 72.1 Å². The molecule has 0 spiro atoms. The zero-order valence-electron chi connectivity index (χ0n) is 13.1. The summed E-state index contributed by atoms with van der Waals surface area (Å²) in [7, 11) is -0.802. The molecule has 0 aromatic carbocycles. The van der Waals surface area contributed by atoms with Gasteiger partial charge in [-0.3, -0.25) is 0 Å². The van der Waals surface area contributed by atoms with Crippen LogP contribution in [0.15, 0.2) is 12.2 Å². The van der Waals surface area contributed by atoms with E-state index in [1.807, 2.05) is 6.92 Å². The van der Waals surface area contributed by atoms with Crippen molar-refractivity contribution in [2.24, 2.45) is 5.92 Å². The Labute approximate surface area is 116 Å². The first-order valence-electron chi connectivity index (χ1n) is 6.94. The molecule has 0 fully saturated rings. The summed E-state index contributed by atoms with van der Waals surface area (Å²) in [6.07, 6.45) is 1.08. The predicted molar refractivity (Wildman–Crippen MR) is 82.9 cm³/mol. The van der Waals surface area contributed by atoms with Crippen molar-refractivity contribution in [3.63, 3.8) is 0 Å².